The van der Waals surface area contributed by atoms with Crippen molar-refractivity contribution in [1.29, 1.82) is 0 Å². The molecule has 1 aromatic carbocycles. The van der Waals surface area contributed by atoms with Crippen molar-refractivity contribution in [3.63, 3.8) is 0 Å². The second-order valence-corrected chi connectivity index (χ2v) is 15.2. The molecule has 1 unspecified atom stereocenters. The topological polar surface area (TPSA) is 104 Å². The molecule has 0 aliphatic carbocycles. The zero-order valence-corrected chi connectivity index (χ0v) is 29.5. The highest BCUT2D eigenvalue weighted by Gasteiger charge is 2.18. The predicted octanol–water partition coefficient (Wildman–Crippen LogP) is 6.73. The van der Waals surface area contributed by atoms with E-state index in [2.05, 4.69) is 59.1 Å². The molecule has 1 atom stereocenters. The number of ether oxygens (including phenoxy) is 5. The molecular weight excluding hydrogens is 601 g/mol. The molecular formula is C33H56N2O7S2. The number of carbonyl (C=O) groups is 2. The van der Waals surface area contributed by atoms with Gasteiger partial charge in [0.15, 0.2) is 0 Å². The first kappa shape index (κ1) is 40.3. The summed E-state index contributed by atoms with van der Waals surface area (Å²) in [6.45, 7) is 18.5. The van der Waals surface area contributed by atoms with E-state index in [1.54, 1.807) is 27.7 Å². The van der Waals surface area contributed by atoms with Gasteiger partial charge in [-0.15, -0.1) is 0 Å². The van der Waals surface area contributed by atoms with Crippen molar-refractivity contribution in [3.8, 4) is 5.75 Å². The Morgan fingerprint density at radius 3 is 2.36 bits per heavy atom. The fourth-order valence-corrected chi connectivity index (χ4v) is 5.59. The number of rotatable bonds is 25. The molecule has 1 rings (SSSR count). The third-order valence-electron chi connectivity index (χ3n) is 5.53. The quantitative estimate of drug-likeness (QED) is 0.0513. The summed E-state index contributed by atoms with van der Waals surface area (Å²) in [5, 5.41) is 5.70. The van der Waals surface area contributed by atoms with Gasteiger partial charge in [-0.25, -0.2) is 0 Å². The van der Waals surface area contributed by atoms with Gasteiger partial charge in [0, 0.05) is 29.7 Å². The number of anilines is 1. The van der Waals surface area contributed by atoms with E-state index in [-0.39, 0.29) is 35.0 Å². The molecule has 0 saturated carbocycles. The fourth-order valence-electron chi connectivity index (χ4n) is 3.40. The molecule has 0 aliphatic rings. The molecule has 0 bridgehead atoms. The van der Waals surface area contributed by atoms with E-state index in [4.69, 9.17) is 23.7 Å². The summed E-state index contributed by atoms with van der Waals surface area (Å²) in [6, 6.07) is 7.29. The van der Waals surface area contributed by atoms with Crippen LogP contribution < -0.4 is 15.4 Å². The third kappa shape index (κ3) is 24.5. The fraction of sp³-hybridized carbons (Fsp3) is 0.697. The Balaban J connectivity index is 2.38. The Kier molecular flexibility index (Phi) is 22.4. The predicted molar refractivity (Wildman–Crippen MR) is 183 cm³/mol. The number of carbonyl (C=O) groups excluding carboxylic acids is 2. The molecule has 0 spiro atoms. The number of allylic oxidation sites excluding steroid dienone is 1. The minimum Gasteiger partial charge on any atom is -0.490 e. The van der Waals surface area contributed by atoms with Crippen LogP contribution >= 0.6 is 21.6 Å². The van der Waals surface area contributed by atoms with Crippen LogP contribution in [-0.2, 0) is 28.5 Å². The molecule has 252 valence electrons. The van der Waals surface area contributed by atoms with Crippen LogP contribution in [0.25, 0.3) is 0 Å². The van der Waals surface area contributed by atoms with Crippen LogP contribution in [0, 0.1) is 11.8 Å². The summed E-state index contributed by atoms with van der Waals surface area (Å²) in [5.74, 6) is 1.48. The zero-order chi connectivity index (χ0) is 32.6. The largest absolute Gasteiger partial charge is 0.490 e. The Labute approximate surface area is 273 Å². The second kappa shape index (κ2) is 24.5. The van der Waals surface area contributed by atoms with E-state index in [1.165, 1.54) is 0 Å². The Bertz CT molecular complexity index is 939. The normalized spacial score (nSPS) is 12.7. The maximum absolute atomic E-state index is 12.4. The molecule has 0 fully saturated rings. The van der Waals surface area contributed by atoms with E-state index in [9.17, 15) is 9.59 Å². The SMILES string of the molecule is CC(C)/C=C/CNC(=O)COCCOC(COc1cccc(NC(=O)CCOCCOCCCC(C)C)c1)SSC(C)(C)C. The van der Waals surface area contributed by atoms with Gasteiger partial charge in [-0.3, -0.25) is 9.59 Å². The van der Waals surface area contributed by atoms with Crippen molar-refractivity contribution in [2.24, 2.45) is 11.8 Å². The monoisotopic (exact) mass is 656 g/mol. The van der Waals surface area contributed by atoms with Gasteiger partial charge in [0.05, 0.1) is 39.5 Å². The van der Waals surface area contributed by atoms with Crippen molar-refractivity contribution in [2.45, 2.75) is 77.9 Å². The van der Waals surface area contributed by atoms with E-state index in [1.807, 2.05) is 30.4 Å². The van der Waals surface area contributed by atoms with E-state index < -0.39 is 0 Å². The molecule has 44 heavy (non-hydrogen) atoms. The highest BCUT2D eigenvalue weighted by Crippen LogP contribution is 2.38. The van der Waals surface area contributed by atoms with Gasteiger partial charge in [-0.2, -0.15) is 0 Å². The van der Waals surface area contributed by atoms with Crippen LogP contribution in [-0.4, -0.2) is 81.4 Å². The van der Waals surface area contributed by atoms with Crippen molar-refractivity contribution in [3.05, 3.63) is 36.4 Å². The minimum absolute atomic E-state index is 0.0124. The van der Waals surface area contributed by atoms with Crippen LogP contribution in [0.4, 0.5) is 5.69 Å². The van der Waals surface area contributed by atoms with Crippen LogP contribution in [0.15, 0.2) is 36.4 Å². The lowest BCUT2D eigenvalue weighted by Gasteiger charge is -2.22. The standard InChI is InChI=1S/C33H56N2O7S2/c1-26(2)11-9-16-34-31(37)24-40-21-22-41-32(43-44-33(5,6)7)25-42-29-14-8-13-28(23-29)35-30(36)15-18-39-20-19-38-17-10-12-27(3)4/h8-9,11,13-14,23,26-27,32H,10,12,15-22,24-25H2,1-7H3,(H,34,37)(H,35,36)/b11-9+. The molecule has 0 saturated heterocycles. The third-order valence-corrected chi connectivity index (χ3v) is 9.04. The van der Waals surface area contributed by atoms with E-state index in [0.29, 0.717) is 69.5 Å². The average Bonchev–Trinajstić information content (AvgIpc) is 2.94. The van der Waals surface area contributed by atoms with Crippen LogP contribution in [0.1, 0.15) is 67.7 Å². The van der Waals surface area contributed by atoms with E-state index in [0.717, 1.165) is 19.4 Å². The lowest BCUT2D eigenvalue weighted by atomic mass is 10.1. The van der Waals surface area contributed by atoms with E-state index >= 15 is 0 Å². The van der Waals surface area contributed by atoms with Crippen LogP contribution in [0.5, 0.6) is 5.75 Å². The highest BCUT2D eigenvalue weighted by molar-refractivity contribution is 8.77. The Morgan fingerprint density at radius 1 is 0.932 bits per heavy atom. The minimum atomic E-state index is -0.257. The molecule has 0 aromatic heterocycles. The first-order valence-corrected chi connectivity index (χ1v) is 17.8. The summed E-state index contributed by atoms with van der Waals surface area (Å²) in [5.41, 5.74) is 0.397. The van der Waals surface area contributed by atoms with Crippen LogP contribution in [0.2, 0.25) is 0 Å². The molecule has 2 N–H and O–H groups in total. The second-order valence-electron chi connectivity index (χ2n) is 12.0. The van der Waals surface area contributed by atoms with Gasteiger partial charge < -0.3 is 34.3 Å². The first-order chi connectivity index (χ1) is 20.9. The van der Waals surface area contributed by atoms with Gasteiger partial charge in [0.2, 0.25) is 11.8 Å². The summed E-state index contributed by atoms with van der Waals surface area (Å²) in [7, 11) is 3.31. The summed E-state index contributed by atoms with van der Waals surface area (Å²) in [6.07, 6.45) is 6.45. The number of benzene rings is 1. The van der Waals surface area contributed by atoms with Gasteiger partial charge in [0.1, 0.15) is 24.4 Å². The van der Waals surface area contributed by atoms with Gasteiger partial charge >= 0.3 is 0 Å². The molecule has 11 heteroatoms. The molecule has 9 nitrogen and oxygen atoms in total. The lowest BCUT2D eigenvalue weighted by molar-refractivity contribution is -0.126. The summed E-state index contributed by atoms with van der Waals surface area (Å²) >= 11 is 0. The van der Waals surface area contributed by atoms with Crippen molar-refractivity contribution in [1.82, 2.24) is 5.32 Å². The summed E-state index contributed by atoms with van der Waals surface area (Å²) < 4.78 is 28.7. The molecule has 1 aromatic rings. The molecule has 0 radical (unpaired) electrons. The summed E-state index contributed by atoms with van der Waals surface area (Å²) in [4.78, 5) is 24.3. The lowest BCUT2D eigenvalue weighted by Crippen LogP contribution is -2.28. The number of amides is 2. The van der Waals surface area contributed by atoms with Crippen molar-refractivity contribution >= 4 is 39.1 Å². The van der Waals surface area contributed by atoms with Crippen LogP contribution in [0.3, 0.4) is 0 Å². The van der Waals surface area contributed by atoms with Gasteiger partial charge in [-0.1, -0.05) is 88.3 Å². The molecule has 0 aliphatic heterocycles. The Hall–Kier alpha value is -1.76. The number of hydrogen-bond donors (Lipinski definition) is 2. The molecule has 0 heterocycles. The smallest absolute Gasteiger partial charge is 0.246 e. The van der Waals surface area contributed by atoms with Gasteiger partial charge in [-0.05, 0) is 36.8 Å². The maximum atomic E-state index is 12.4. The van der Waals surface area contributed by atoms with Crippen molar-refractivity contribution < 1.29 is 33.3 Å². The van der Waals surface area contributed by atoms with Crippen molar-refractivity contribution in [2.75, 3.05) is 64.7 Å². The first-order valence-electron chi connectivity index (χ1n) is 15.6. The number of nitrogens with one attached hydrogen (secondary N) is 2. The van der Waals surface area contributed by atoms with Gasteiger partial charge in [0.25, 0.3) is 0 Å². The zero-order valence-electron chi connectivity index (χ0n) is 27.9. The number of hydrogen-bond acceptors (Lipinski definition) is 9. The Morgan fingerprint density at radius 2 is 1.66 bits per heavy atom. The average molecular weight is 657 g/mol. The molecule has 2 amide bonds. The maximum Gasteiger partial charge on any atom is 0.246 e. The highest BCUT2D eigenvalue weighted by atomic mass is 33.1.